The standard InChI is InChI=1S/C23H18F6N4O2/c1-35-17-8-2-13(3-9-17)18-10-14-11-30-21(31-12-22(24,25)26)32-19(14)33(20(18)34)16-6-4-15(5-7-16)23(27,28)29/h2-11,21,31-32H,12H2,1H3. The molecule has 0 fully saturated rings. The number of hydrogen-bond acceptors (Lipinski definition) is 5. The van der Waals surface area contributed by atoms with Gasteiger partial charge in [-0.1, -0.05) is 12.1 Å². The van der Waals surface area contributed by atoms with Crippen molar-refractivity contribution in [2.75, 3.05) is 19.0 Å². The van der Waals surface area contributed by atoms with Crippen LogP contribution in [0.3, 0.4) is 0 Å². The zero-order valence-corrected chi connectivity index (χ0v) is 18.0. The molecule has 2 heterocycles. The predicted octanol–water partition coefficient (Wildman–Crippen LogP) is 4.81. The Bertz CT molecular complexity index is 1300. The van der Waals surface area contributed by atoms with E-state index in [0.717, 1.165) is 28.8 Å². The fourth-order valence-corrected chi connectivity index (χ4v) is 3.54. The van der Waals surface area contributed by atoms with Crippen molar-refractivity contribution >= 4 is 12.0 Å². The average molecular weight is 496 g/mol. The van der Waals surface area contributed by atoms with Crippen LogP contribution in [0.1, 0.15) is 11.1 Å². The first-order chi connectivity index (χ1) is 16.5. The van der Waals surface area contributed by atoms with Gasteiger partial charge in [-0.2, -0.15) is 26.3 Å². The second kappa shape index (κ2) is 9.10. The van der Waals surface area contributed by atoms with E-state index in [1.54, 1.807) is 24.3 Å². The summed E-state index contributed by atoms with van der Waals surface area (Å²) in [5.74, 6) is 0.637. The molecule has 2 aromatic carbocycles. The highest BCUT2D eigenvalue weighted by Gasteiger charge is 2.31. The van der Waals surface area contributed by atoms with Crippen molar-refractivity contribution in [3.8, 4) is 22.6 Å². The van der Waals surface area contributed by atoms with E-state index in [-0.39, 0.29) is 17.1 Å². The number of benzene rings is 2. The van der Waals surface area contributed by atoms with Gasteiger partial charge in [-0.05, 0) is 48.0 Å². The molecule has 0 saturated heterocycles. The third-order valence-corrected chi connectivity index (χ3v) is 5.22. The van der Waals surface area contributed by atoms with E-state index >= 15 is 0 Å². The maximum Gasteiger partial charge on any atom is 0.416 e. The Morgan fingerprint density at radius 1 is 1.03 bits per heavy atom. The van der Waals surface area contributed by atoms with E-state index < -0.39 is 36.3 Å². The SMILES string of the molecule is COc1ccc(-c2cc3c(n(-c4ccc(C(F)(F)F)cc4)c2=O)NC(NCC(F)(F)F)N=C3)cc1. The molecule has 0 saturated carbocycles. The quantitative estimate of drug-likeness (QED) is 0.498. The van der Waals surface area contributed by atoms with Gasteiger partial charge in [0.15, 0.2) is 6.29 Å². The summed E-state index contributed by atoms with van der Waals surface area (Å²) in [6.07, 6.45) is -8.99. The van der Waals surface area contributed by atoms with Crippen molar-refractivity contribution < 1.29 is 31.1 Å². The van der Waals surface area contributed by atoms with Crippen molar-refractivity contribution in [1.29, 1.82) is 0 Å². The van der Waals surface area contributed by atoms with Gasteiger partial charge in [-0.15, -0.1) is 0 Å². The second-order valence-corrected chi connectivity index (χ2v) is 7.60. The van der Waals surface area contributed by atoms with Gasteiger partial charge < -0.3 is 10.1 Å². The Hall–Kier alpha value is -3.80. The Labute approximate surface area is 194 Å². The van der Waals surface area contributed by atoms with Crippen LogP contribution in [0.5, 0.6) is 5.75 Å². The Morgan fingerprint density at radius 2 is 1.69 bits per heavy atom. The summed E-state index contributed by atoms with van der Waals surface area (Å²) in [6, 6.07) is 12.0. The monoisotopic (exact) mass is 496 g/mol. The van der Waals surface area contributed by atoms with Gasteiger partial charge in [0.2, 0.25) is 0 Å². The van der Waals surface area contributed by atoms with Crippen LogP contribution in [0.4, 0.5) is 32.2 Å². The Morgan fingerprint density at radius 3 is 2.26 bits per heavy atom. The maximum absolute atomic E-state index is 13.5. The lowest BCUT2D eigenvalue weighted by atomic mass is 10.0. The molecular weight excluding hydrogens is 478 g/mol. The molecule has 35 heavy (non-hydrogen) atoms. The van der Waals surface area contributed by atoms with Crippen LogP contribution >= 0.6 is 0 Å². The highest BCUT2D eigenvalue weighted by molar-refractivity contribution is 5.91. The molecule has 2 N–H and O–H groups in total. The number of aromatic nitrogens is 1. The molecule has 3 aromatic rings. The lowest BCUT2D eigenvalue weighted by molar-refractivity contribution is -0.137. The predicted molar refractivity (Wildman–Crippen MR) is 118 cm³/mol. The van der Waals surface area contributed by atoms with Crippen LogP contribution in [0, 0.1) is 0 Å². The summed E-state index contributed by atoms with van der Waals surface area (Å²) in [4.78, 5) is 17.5. The number of hydrogen-bond donors (Lipinski definition) is 2. The van der Waals surface area contributed by atoms with Crippen LogP contribution in [-0.2, 0) is 6.18 Å². The number of rotatable bonds is 5. The topological polar surface area (TPSA) is 67.7 Å². The molecule has 0 bridgehead atoms. The van der Waals surface area contributed by atoms with Crippen molar-refractivity contribution in [3.05, 3.63) is 76.1 Å². The summed E-state index contributed by atoms with van der Waals surface area (Å²) in [5.41, 5.74) is -0.335. The van der Waals surface area contributed by atoms with E-state index in [4.69, 9.17) is 4.74 Å². The van der Waals surface area contributed by atoms with Crippen LogP contribution in [0.25, 0.3) is 16.8 Å². The lowest BCUT2D eigenvalue weighted by Gasteiger charge is -2.26. The normalized spacial score (nSPS) is 15.5. The highest BCUT2D eigenvalue weighted by atomic mass is 19.4. The number of anilines is 1. The number of halogens is 6. The summed E-state index contributed by atoms with van der Waals surface area (Å²) >= 11 is 0. The van der Waals surface area contributed by atoms with E-state index in [1.807, 2.05) is 0 Å². The number of nitrogens with one attached hydrogen (secondary N) is 2. The number of ether oxygens (including phenoxy) is 1. The molecule has 184 valence electrons. The van der Waals surface area contributed by atoms with Gasteiger partial charge in [-0.25, -0.2) is 0 Å². The van der Waals surface area contributed by atoms with E-state index in [0.29, 0.717) is 16.9 Å². The largest absolute Gasteiger partial charge is 0.497 e. The van der Waals surface area contributed by atoms with Gasteiger partial charge in [-0.3, -0.25) is 19.7 Å². The van der Waals surface area contributed by atoms with Crippen LogP contribution in [0.2, 0.25) is 0 Å². The summed E-state index contributed by atoms with van der Waals surface area (Å²) in [7, 11) is 1.48. The minimum absolute atomic E-state index is 0.0849. The lowest BCUT2D eigenvalue weighted by Crippen LogP contribution is -2.43. The van der Waals surface area contributed by atoms with E-state index in [1.165, 1.54) is 19.4 Å². The van der Waals surface area contributed by atoms with Gasteiger partial charge in [0.1, 0.15) is 11.6 Å². The molecule has 1 unspecified atom stereocenters. The third-order valence-electron chi connectivity index (χ3n) is 5.22. The first kappa shape index (κ1) is 24.3. The molecule has 0 amide bonds. The zero-order chi connectivity index (χ0) is 25.4. The molecule has 1 aromatic heterocycles. The Kier molecular flexibility index (Phi) is 6.32. The molecule has 1 aliphatic heterocycles. The van der Waals surface area contributed by atoms with Crippen LogP contribution in [-0.4, -0.2) is 36.9 Å². The summed E-state index contributed by atoms with van der Waals surface area (Å²) in [6.45, 7) is -1.34. The molecule has 12 heteroatoms. The molecule has 0 spiro atoms. The maximum atomic E-state index is 13.5. The molecule has 4 rings (SSSR count). The van der Waals surface area contributed by atoms with Crippen molar-refractivity contribution in [3.63, 3.8) is 0 Å². The first-order valence-corrected chi connectivity index (χ1v) is 10.2. The summed E-state index contributed by atoms with van der Waals surface area (Å²) < 4.78 is 83.3. The van der Waals surface area contributed by atoms with Gasteiger partial charge >= 0.3 is 12.4 Å². The fourth-order valence-electron chi connectivity index (χ4n) is 3.54. The highest BCUT2D eigenvalue weighted by Crippen LogP contribution is 2.31. The molecule has 1 aliphatic rings. The number of pyridine rings is 1. The number of fused-ring (bicyclic) bond motifs is 1. The number of alkyl halides is 6. The number of methoxy groups -OCH3 is 1. The third kappa shape index (κ3) is 5.32. The Balaban J connectivity index is 1.84. The number of aliphatic imine (C=N–C) groups is 1. The van der Waals surface area contributed by atoms with Crippen LogP contribution < -0.4 is 20.9 Å². The minimum atomic E-state index is -4.58. The molecular formula is C23H18F6N4O2. The average Bonchev–Trinajstić information content (AvgIpc) is 2.81. The van der Waals surface area contributed by atoms with Gasteiger partial charge in [0.25, 0.3) is 5.56 Å². The van der Waals surface area contributed by atoms with Crippen LogP contribution in [0.15, 0.2) is 64.4 Å². The minimum Gasteiger partial charge on any atom is -0.497 e. The van der Waals surface area contributed by atoms with E-state index in [2.05, 4.69) is 15.6 Å². The fraction of sp³-hybridized carbons (Fsp3) is 0.217. The zero-order valence-electron chi connectivity index (χ0n) is 18.0. The first-order valence-electron chi connectivity index (χ1n) is 10.2. The van der Waals surface area contributed by atoms with Gasteiger partial charge in [0.05, 0.1) is 24.9 Å². The molecule has 0 aliphatic carbocycles. The van der Waals surface area contributed by atoms with Crippen molar-refractivity contribution in [2.24, 2.45) is 4.99 Å². The van der Waals surface area contributed by atoms with Gasteiger partial charge in [0, 0.05) is 17.3 Å². The number of nitrogens with zero attached hydrogens (tertiary/aromatic N) is 2. The smallest absolute Gasteiger partial charge is 0.416 e. The van der Waals surface area contributed by atoms with E-state index in [9.17, 15) is 31.1 Å². The second-order valence-electron chi connectivity index (χ2n) is 7.60. The molecule has 6 nitrogen and oxygen atoms in total. The molecule has 0 radical (unpaired) electrons. The molecule has 1 atom stereocenters. The van der Waals surface area contributed by atoms with Crippen molar-refractivity contribution in [2.45, 2.75) is 18.6 Å². The summed E-state index contributed by atoms with van der Waals surface area (Å²) in [5, 5.41) is 4.91. The van der Waals surface area contributed by atoms with Crippen molar-refractivity contribution in [1.82, 2.24) is 9.88 Å².